The van der Waals surface area contributed by atoms with Crippen LogP contribution in [0.25, 0.3) is 0 Å². The van der Waals surface area contributed by atoms with Gasteiger partial charge in [0.15, 0.2) is 0 Å². The van der Waals surface area contributed by atoms with E-state index in [2.05, 4.69) is 23.8 Å². The van der Waals surface area contributed by atoms with E-state index in [-0.39, 0.29) is 0 Å². The topological polar surface area (TPSA) is 32.5 Å². The monoisotopic (exact) mass is 211 g/mol. The molecule has 2 aliphatic rings. The summed E-state index contributed by atoms with van der Waals surface area (Å²) in [5.74, 6) is 0. The van der Waals surface area contributed by atoms with Gasteiger partial charge in [-0.2, -0.15) is 0 Å². The molecule has 0 amide bonds. The summed E-state index contributed by atoms with van der Waals surface area (Å²) in [6, 6.07) is 2.49. The van der Waals surface area contributed by atoms with Crippen molar-refractivity contribution < 1.29 is 0 Å². The summed E-state index contributed by atoms with van der Waals surface area (Å²) < 4.78 is 0. The molecule has 1 aliphatic heterocycles. The summed E-state index contributed by atoms with van der Waals surface area (Å²) in [7, 11) is 2.25. The minimum atomic E-state index is 0.771. The van der Waals surface area contributed by atoms with E-state index in [1.165, 1.54) is 25.8 Å². The molecule has 0 aromatic heterocycles. The summed E-state index contributed by atoms with van der Waals surface area (Å²) in [4.78, 5) is 5.22. The Morgan fingerprint density at radius 3 is 2.73 bits per heavy atom. The van der Waals surface area contributed by atoms with Crippen molar-refractivity contribution in [1.29, 1.82) is 0 Å². The second-order valence-electron chi connectivity index (χ2n) is 5.29. The molecular formula is C12H25N3. The lowest BCUT2D eigenvalue weighted by Gasteiger charge is -2.24. The normalized spacial score (nSPS) is 32.8. The second-order valence-corrected chi connectivity index (χ2v) is 5.29. The van der Waals surface area contributed by atoms with Gasteiger partial charge in [0.05, 0.1) is 0 Å². The first-order valence-corrected chi connectivity index (χ1v) is 6.38. The minimum absolute atomic E-state index is 0.771. The highest BCUT2D eigenvalue weighted by Crippen LogP contribution is 2.34. The smallest absolute Gasteiger partial charge is 0.0235 e. The molecule has 3 nitrogen and oxygen atoms in total. The lowest BCUT2D eigenvalue weighted by atomic mass is 10.1. The molecule has 88 valence electrons. The second kappa shape index (κ2) is 4.81. The number of nitrogens with zero attached hydrogens (tertiary/aromatic N) is 2. The largest absolute Gasteiger partial charge is 0.330 e. The van der Waals surface area contributed by atoms with E-state index in [9.17, 15) is 0 Å². The molecule has 2 rings (SSSR count). The van der Waals surface area contributed by atoms with Crippen LogP contribution in [-0.4, -0.2) is 54.6 Å². The maximum absolute atomic E-state index is 5.55. The lowest BCUT2D eigenvalue weighted by molar-refractivity contribution is 0.219. The fourth-order valence-electron chi connectivity index (χ4n) is 2.78. The molecule has 0 spiro atoms. The van der Waals surface area contributed by atoms with Crippen LogP contribution in [0.4, 0.5) is 0 Å². The third kappa shape index (κ3) is 2.71. The first kappa shape index (κ1) is 11.4. The van der Waals surface area contributed by atoms with Crippen molar-refractivity contribution in [2.24, 2.45) is 5.73 Å². The zero-order valence-electron chi connectivity index (χ0n) is 10.2. The minimum Gasteiger partial charge on any atom is -0.330 e. The lowest BCUT2D eigenvalue weighted by Crippen LogP contribution is -2.36. The first-order valence-electron chi connectivity index (χ1n) is 6.38. The average Bonchev–Trinajstić information content (AvgIpc) is 2.99. The van der Waals surface area contributed by atoms with Gasteiger partial charge in [-0.25, -0.2) is 0 Å². The Bertz CT molecular complexity index is 203. The quantitative estimate of drug-likeness (QED) is 0.733. The molecule has 1 saturated heterocycles. The molecule has 0 aromatic rings. The van der Waals surface area contributed by atoms with E-state index in [0.717, 1.165) is 37.6 Å². The zero-order chi connectivity index (χ0) is 10.8. The number of nitrogens with two attached hydrogens (primary N) is 1. The summed E-state index contributed by atoms with van der Waals surface area (Å²) in [5.41, 5.74) is 5.55. The van der Waals surface area contributed by atoms with E-state index in [4.69, 9.17) is 5.73 Å². The number of rotatable bonds is 5. The molecular weight excluding hydrogens is 186 g/mol. The standard InChI is InChI=1S/C12H25N3/c1-10-8-12(14(2)7-3-6-13)9-15(10)11-4-5-11/h10-12H,3-9,13H2,1-2H3. The third-order valence-corrected chi connectivity index (χ3v) is 3.96. The molecule has 1 heterocycles. The van der Waals surface area contributed by atoms with Gasteiger partial charge in [0.25, 0.3) is 0 Å². The van der Waals surface area contributed by atoms with Gasteiger partial charge >= 0.3 is 0 Å². The SMILES string of the molecule is CC1CC(N(C)CCCN)CN1C1CC1. The molecule has 2 N–H and O–H groups in total. The number of likely N-dealkylation sites (N-methyl/N-ethyl adjacent to an activating group) is 1. The van der Waals surface area contributed by atoms with Crippen molar-refractivity contribution in [3.8, 4) is 0 Å². The van der Waals surface area contributed by atoms with Crippen LogP contribution in [0.5, 0.6) is 0 Å². The molecule has 2 atom stereocenters. The molecule has 15 heavy (non-hydrogen) atoms. The van der Waals surface area contributed by atoms with Gasteiger partial charge in [-0.3, -0.25) is 4.90 Å². The van der Waals surface area contributed by atoms with Gasteiger partial charge in [0.1, 0.15) is 0 Å². The fourth-order valence-corrected chi connectivity index (χ4v) is 2.78. The van der Waals surface area contributed by atoms with Gasteiger partial charge in [-0.1, -0.05) is 0 Å². The predicted molar refractivity (Wildman–Crippen MR) is 63.9 cm³/mol. The Hall–Kier alpha value is -0.120. The summed E-state index contributed by atoms with van der Waals surface area (Å²) in [6.07, 6.45) is 5.34. The van der Waals surface area contributed by atoms with E-state index in [1.54, 1.807) is 0 Å². The molecule has 0 radical (unpaired) electrons. The van der Waals surface area contributed by atoms with Gasteiger partial charge < -0.3 is 10.6 Å². The summed E-state index contributed by atoms with van der Waals surface area (Å²) >= 11 is 0. The Morgan fingerprint density at radius 1 is 1.40 bits per heavy atom. The van der Waals surface area contributed by atoms with E-state index < -0.39 is 0 Å². The Labute approximate surface area is 93.6 Å². The summed E-state index contributed by atoms with van der Waals surface area (Å²) in [6.45, 7) is 5.65. The molecule has 2 unspecified atom stereocenters. The van der Waals surface area contributed by atoms with Crippen LogP contribution in [0.15, 0.2) is 0 Å². The molecule has 2 fully saturated rings. The van der Waals surface area contributed by atoms with Crippen LogP contribution in [0.2, 0.25) is 0 Å². The van der Waals surface area contributed by atoms with Crippen LogP contribution in [0.3, 0.4) is 0 Å². The Balaban J connectivity index is 1.79. The summed E-state index contributed by atoms with van der Waals surface area (Å²) in [5, 5.41) is 0. The van der Waals surface area contributed by atoms with Crippen molar-refractivity contribution in [1.82, 2.24) is 9.80 Å². The fraction of sp³-hybridized carbons (Fsp3) is 1.00. The van der Waals surface area contributed by atoms with Crippen molar-refractivity contribution in [3.05, 3.63) is 0 Å². The molecule has 3 heteroatoms. The molecule has 1 saturated carbocycles. The van der Waals surface area contributed by atoms with Crippen LogP contribution in [0.1, 0.15) is 32.6 Å². The van der Waals surface area contributed by atoms with E-state index in [1.807, 2.05) is 0 Å². The Morgan fingerprint density at radius 2 is 2.13 bits per heavy atom. The Kier molecular flexibility index (Phi) is 3.65. The number of hydrogen-bond donors (Lipinski definition) is 1. The van der Waals surface area contributed by atoms with Gasteiger partial charge in [-0.15, -0.1) is 0 Å². The highest BCUT2D eigenvalue weighted by molar-refractivity contribution is 4.96. The van der Waals surface area contributed by atoms with Gasteiger partial charge in [0.2, 0.25) is 0 Å². The van der Waals surface area contributed by atoms with Crippen molar-refractivity contribution in [3.63, 3.8) is 0 Å². The molecule has 0 aromatic carbocycles. The van der Waals surface area contributed by atoms with E-state index in [0.29, 0.717) is 0 Å². The number of likely N-dealkylation sites (tertiary alicyclic amines) is 1. The maximum Gasteiger partial charge on any atom is 0.0235 e. The molecule has 0 bridgehead atoms. The highest BCUT2D eigenvalue weighted by atomic mass is 15.3. The maximum atomic E-state index is 5.55. The molecule has 1 aliphatic carbocycles. The van der Waals surface area contributed by atoms with Crippen LogP contribution >= 0.6 is 0 Å². The van der Waals surface area contributed by atoms with E-state index >= 15 is 0 Å². The number of hydrogen-bond acceptors (Lipinski definition) is 3. The van der Waals surface area contributed by atoms with Crippen molar-refractivity contribution in [2.75, 3.05) is 26.7 Å². The van der Waals surface area contributed by atoms with Crippen LogP contribution in [0, 0.1) is 0 Å². The van der Waals surface area contributed by atoms with Crippen molar-refractivity contribution in [2.45, 2.75) is 50.7 Å². The third-order valence-electron chi connectivity index (χ3n) is 3.96. The average molecular weight is 211 g/mol. The van der Waals surface area contributed by atoms with Gasteiger partial charge in [0, 0.05) is 24.7 Å². The van der Waals surface area contributed by atoms with Gasteiger partial charge in [-0.05, 0) is 52.7 Å². The van der Waals surface area contributed by atoms with Crippen LogP contribution in [-0.2, 0) is 0 Å². The first-order chi connectivity index (χ1) is 7.22. The van der Waals surface area contributed by atoms with Crippen LogP contribution < -0.4 is 5.73 Å². The zero-order valence-corrected chi connectivity index (χ0v) is 10.2. The van der Waals surface area contributed by atoms with Crippen molar-refractivity contribution >= 4 is 0 Å². The highest BCUT2D eigenvalue weighted by Gasteiger charge is 2.39. The predicted octanol–water partition coefficient (Wildman–Crippen LogP) is 0.892.